The smallest absolute Gasteiger partial charge is 0.293 e. The number of carbonyl (C=O) groups is 1. The van der Waals surface area contributed by atoms with E-state index in [0.717, 1.165) is 16.0 Å². The predicted octanol–water partition coefficient (Wildman–Crippen LogP) is 3.17. The van der Waals surface area contributed by atoms with Crippen LogP contribution in [0.25, 0.3) is 0 Å². The van der Waals surface area contributed by atoms with Gasteiger partial charge in [-0.25, -0.2) is 0 Å². The van der Waals surface area contributed by atoms with Gasteiger partial charge in [-0.3, -0.25) is 14.9 Å². The summed E-state index contributed by atoms with van der Waals surface area (Å²) in [4.78, 5) is 24.0. The molecular weight excluding hydrogens is 377 g/mol. The number of carbonyl (C=O) groups excluding carboxylic acids is 1. The highest BCUT2D eigenvalue weighted by atomic mass is 35.5. The Hall–Kier alpha value is -2.15. The standard InChI is InChI=1S/C18H19Cl2N3O3/c1-11-7-8-15(23(25)26)18(12(11)2)21-16(24)10-22(3)9-13-5-4-6-14(19)17(13)20/h4-8H,9-10H2,1-3H3,(H,21,24)/p+1. The molecule has 2 aromatic carbocycles. The molecule has 0 aromatic heterocycles. The molecule has 0 saturated heterocycles. The van der Waals surface area contributed by atoms with Crippen molar-refractivity contribution in [3.63, 3.8) is 0 Å². The number of aryl methyl sites for hydroxylation is 1. The molecule has 2 aromatic rings. The number of nitro groups is 1. The van der Waals surface area contributed by atoms with Crippen LogP contribution >= 0.6 is 23.2 Å². The fourth-order valence-electron chi connectivity index (χ4n) is 2.64. The second-order valence-corrected chi connectivity index (χ2v) is 7.02. The summed E-state index contributed by atoms with van der Waals surface area (Å²) < 4.78 is 0. The minimum Gasteiger partial charge on any atom is -0.326 e. The second-order valence-electron chi connectivity index (χ2n) is 6.23. The molecule has 0 bridgehead atoms. The number of nitrogens with one attached hydrogen (secondary N) is 2. The van der Waals surface area contributed by atoms with Gasteiger partial charge in [0.15, 0.2) is 6.54 Å². The van der Waals surface area contributed by atoms with Gasteiger partial charge in [0.2, 0.25) is 0 Å². The first-order valence-corrected chi connectivity index (χ1v) is 8.75. The van der Waals surface area contributed by atoms with Crippen molar-refractivity contribution in [3.05, 3.63) is 67.2 Å². The molecule has 0 saturated carbocycles. The fourth-order valence-corrected chi connectivity index (χ4v) is 3.03. The number of nitrogens with zero attached hydrogens (tertiary/aromatic N) is 1. The molecule has 0 radical (unpaired) electrons. The molecular formula is C18H20Cl2N3O3+. The predicted molar refractivity (Wildman–Crippen MR) is 103 cm³/mol. The number of hydrogen-bond donors (Lipinski definition) is 2. The number of benzene rings is 2. The summed E-state index contributed by atoms with van der Waals surface area (Å²) in [5, 5.41) is 14.8. The summed E-state index contributed by atoms with van der Waals surface area (Å²) in [6, 6.07) is 8.43. The van der Waals surface area contributed by atoms with Crippen LogP contribution < -0.4 is 10.2 Å². The number of likely N-dealkylation sites (N-methyl/N-ethyl adjacent to an activating group) is 1. The van der Waals surface area contributed by atoms with E-state index in [1.165, 1.54) is 6.07 Å². The molecule has 0 heterocycles. The molecule has 0 fully saturated rings. The lowest BCUT2D eigenvalue weighted by atomic mass is 10.1. The van der Waals surface area contributed by atoms with Crippen LogP contribution in [0.4, 0.5) is 11.4 Å². The third-order valence-corrected chi connectivity index (χ3v) is 5.02. The molecule has 0 spiro atoms. The number of hydrogen-bond acceptors (Lipinski definition) is 3. The van der Waals surface area contributed by atoms with Crippen molar-refractivity contribution < 1.29 is 14.6 Å². The Kier molecular flexibility index (Phi) is 6.58. The van der Waals surface area contributed by atoms with Crippen molar-refractivity contribution in [2.24, 2.45) is 0 Å². The molecule has 0 aliphatic carbocycles. The Morgan fingerprint density at radius 2 is 1.92 bits per heavy atom. The van der Waals surface area contributed by atoms with Crippen LogP contribution in [0, 0.1) is 24.0 Å². The number of nitro benzene ring substituents is 1. The van der Waals surface area contributed by atoms with E-state index in [2.05, 4.69) is 5.32 Å². The molecule has 6 nitrogen and oxygen atoms in total. The Morgan fingerprint density at radius 3 is 2.58 bits per heavy atom. The van der Waals surface area contributed by atoms with Gasteiger partial charge in [-0.05, 0) is 31.0 Å². The van der Waals surface area contributed by atoms with E-state index >= 15 is 0 Å². The molecule has 0 aliphatic heterocycles. The zero-order valence-corrected chi connectivity index (χ0v) is 16.2. The van der Waals surface area contributed by atoms with Crippen molar-refractivity contribution in [2.45, 2.75) is 20.4 Å². The van der Waals surface area contributed by atoms with E-state index in [4.69, 9.17) is 23.2 Å². The summed E-state index contributed by atoms with van der Waals surface area (Å²) in [5.74, 6) is -0.308. The molecule has 1 amide bonds. The first-order chi connectivity index (χ1) is 12.2. The minimum absolute atomic E-state index is 0.114. The van der Waals surface area contributed by atoms with Crippen LogP contribution in [0.3, 0.4) is 0 Å². The zero-order valence-electron chi connectivity index (χ0n) is 14.7. The van der Waals surface area contributed by atoms with Crippen LogP contribution in [0.2, 0.25) is 10.0 Å². The number of quaternary nitrogens is 1. The Labute approximate surface area is 161 Å². The van der Waals surface area contributed by atoms with Gasteiger partial charge in [-0.15, -0.1) is 0 Å². The average Bonchev–Trinajstić information content (AvgIpc) is 2.55. The normalized spacial score (nSPS) is 11.9. The Morgan fingerprint density at radius 1 is 1.23 bits per heavy atom. The maximum atomic E-state index is 12.4. The Balaban J connectivity index is 2.10. The number of rotatable bonds is 6. The SMILES string of the molecule is Cc1ccc([N+](=O)[O-])c(NC(=O)C[NH+](C)Cc2cccc(Cl)c2Cl)c1C. The third-order valence-electron chi connectivity index (χ3n) is 4.16. The maximum absolute atomic E-state index is 12.4. The summed E-state index contributed by atoms with van der Waals surface area (Å²) in [7, 11) is 1.84. The number of amides is 1. The number of anilines is 1. The summed E-state index contributed by atoms with van der Waals surface area (Å²) in [5.41, 5.74) is 2.52. The van der Waals surface area contributed by atoms with Gasteiger partial charge >= 0.3 is 0 Å². The van der Waals surface area contributed by atoms with Crippen LogP contribution in [0.5, 0.6) is 0 Å². The van der Waals surface area contributed by atoms with Gasteiger partial charge in [0, 0.05) is 11.6 Å². The molecule has 2 N–H and O–H groups in total. The van der Waals surface area contributed by atoms with E-state index in [0.29, 0.717) is 22.2 Å². The molecule has 8 heteroatoms. The monoisotopic (exact) mass is 396 g/mol. The van der Waals surface area contributed by atoms with Gasteiger partial charge in [-0.1, -0.05) is 41.4 Å². The van der Waals surface area contributed by atoms with E-state index in [1.807, 2.05) is 20.0 Å². The zero-order chi connectivity index (χ0) is 19.4. The summed E-state index contributed by atoms with van der Waals surface area (Å²) in [6.07, 6.45) is 0. The number of halogens is 2. The lowest BCUT2D eigenvalue weighted by Crippen LogP contribution is -3.08. The first kappa shape index (κ1) is 20.2. The molecule has 1 unspecified atom stereocenters. The van der Waals surface area contributed by atoms with E-state index in [1.54, 1.807) is 25.1 Å². The highest BCUT2D eigenvalue weighted by Crippen LogP contribution is 2.30. The van der Waals surface area contributed by atoms with Crippen molar-refractivity contribution in [3.8, 4) is 0 Å². The quantitative estimate of drug-likeness (QED) is 0.581. The van der Waals surface area contributed by atoms with E-state index < -0.39 is 4.92 Å². The van der Waals surface area contributed by atoms with Gasteiger partial charge in [0.1, 0.15) is 12.2 Å². The van der Waals surface area contributed by atoms with E-state index in [9.17, 15) is 14.9 Å². The lowest BCUT2D eigenvalue weighted by molar-refractivity contribution is -0.885. The average molecular weight is 397 g/mol. The van der Waals surface area contributed by atoms with Gasteiger partial charge < -0.3 is 10.2 Å². The molecule has 1 atom stereocenters. The highest BCUT2D eigenvalue weighted by Gasteiger charge is 2.21. The molecule has 0 aliphatic rings. The van der Waals surface area contributed by atoms with Crippen LogP contribution in [0.1, 0.15) is 16.7 Å². The van der Waals surface area contributed by atoms with E-state index in [-0.39, 0.29) is 23.8 Å². The summed E-state index contributed by atoms with van der Waals surface area (Å²) in [6.45, 7) is 4.22. The maximum Gasteiger partial charge on any atom is 0.293 e. The van der Waals surface area contributed by atoms with Crippen LogP contribution in [-0.4, -0.2) is 24.4 Å². The third kappa shape index (κ3) is 4.72. The van der Waals surface area contributed by atoms with Crippen LogP contribution in [-0.2, 0) is 11.3 Å². The minimum atomic E-state index is -0.496. The second kappa shape index (κ2) is 8.49. The highest BCUT2D eigenvalue weighted by molar-refractivity contribution is 6.42. The van der Waals surface area contributed by atoms with Crippen molar-refractivity contribution in [1.29, 1.82) is 0 Å². The fraction of sp³-hybridized carbons (Fsp3) is 0.278. The van der Waals surface area contributed by atoms with Crippen molar-refractivity contribution in [2.75, 3.05) is 18.9 Å². The van der Waals surface area contributed by atoms with Gasteiger partial charge in [0.25, 0.3) is 11.6 Å². The van der Waals surface area contributed by atoms with Gasteiger partial charge in [0.05, 0.1) is 22.0 Å². The van der Waals surface area contributed by atoms with Crippen molar-refractivity contribution in [1.82, 2.24) is 0 Å². The van der Waals surface area contributed by atoms with Gasteiger partial charge in [-0.2, -0.15) is 0 Å². The van der Waals surface area contributed by atoms with Crippen molar-refractivity contribution >= 4 is 40.5 Å². The van der Waals surface area contributed by atoms with Crippen LogP contribution in [0.15, 0.2) is 30.3 Å². The molecule has 2 rings (SSSR count). The first-order valence-electron chi connectivity index (χ1n) is 7.99. The summed E-state index contributed by atoms with van der Waals surface area (Å²) >= 11 is 12.2. The Bertz CT molecular complexity index is 856. The molecule has 138 valence electrons. The largest absolute Gasteiger partial charge is 0.326 e. The molecule has 26 heavy (non-hydrogen) atoms. The lowest BCUT2D eigenvalue weighted by Gasteiger charge is -2.16. The topological polar surface area (TPSA) is 76.7 Å².